The third-order valence-electron chi connectivity index (χ3n) is 1.28. The highest BCUT2D eigenvalue weighted by Crippen LogP contribution is 2.20. The lowest BCUT2D eigenvalue weighted by Gasteiger charge is -2.01. The van der Waals surface area contributed by atoms with E-state index in [2.05, 4.69) is 19.2 Å². The predicted octanol–water partition coefficient (Wildman–Crippen LogP) is 1.41. The molecule has 0 atom stereocenters. The average Bonchev–Trinajstić information content (AvgIpc) is 2.41. The maximum absolute atomic E-state index is 4.44. The van der Waals surface area contributed by atoms with Gasteiger partial charge in [-0.05, 0) is 18.8 Å². The van der Waals surface area contributed by atoms with E-state index in [0.29, 0.717) is 0 Å². The average molecular weight is 112 g/mol. The van der Waals surface area contributed by atoms with E-state index in [-0.39, 0.29) is 0 Å². The number of rotatable bonds is 3. The Morgan fingerprint density at radius 3 is 2.50 bits per heavy atom. The van der Waals surface area contributed by atoms with Crippen molar-refractivity contribution in [2.75, 3.05) is 6.54 Å². The maximum atomic E-state index is 4.44. The first kappa shape index (κ1) is 6.09. The zero-order chi connectivity index (χ0) is 5.98. The first-order valence-corrected chi connectivity index (χ1v) is 3.45. The zero-order valence-electron chi connectivity index (χ0n) is 5.72. The first-order valence-electron chi connectivity index (χ1n) is 3.45. The zero-order valence-corrected chi connectivity index (χ0v) is 5.72. The van der Waals surface area contributed by atoms with Crippen molar-refractivity contribution in [3.63, 3.8) is 0 Å². The Kier molecular flexibility index (Phi) is 1.90. The highest BCUT2D eigenvalue weighted by Gasteiger charge is 2.21. The van der Waals surface area contributed by atoms with Crippen LogP contribution >= 0.6 is 0 Å². The van der Waals surface area contributed by atoms with Gasteiger partial charge in [-0.1, -0.05) is 13.8 Å². The standard InChI is InChI=1S/C7H14N/c1-6(2)5-8-7-3-4-7/h6-7H,3-5H2,1-2H3. The molecule has 0 aromatic rings. The molecule has 0 saturated heterocycles. The summed E-state index contributed by atoms with van der Waals surface area (Å²) >= 11 is 0. The number of hydrogen-bond donors (Lipinski definition) is 0. The van der Waals surface area contributed by atoms with Crippen LogP contribution in [0.5, 0.6) is 0 Å². The quantitative estimate of drug-likeness (QED) is 0.524. The molecular weight excluding hydrogens is 98.1 g/mol. The fraction of sp³-hybridized carbons (Fsp3) is 1.00. The van der Waals surface area contributed by atoms with Gasteiger partial charge < -0.3 is 0 Å². The molecule has 0 spiro atoms. The molecule has 0 bridgehead atoms. The van der Waals surface area contributed by atoms with Gasteiger partial charge in [-0.25, -0.2) is 5.32 Å². The molecule has 0 aliphatic heterocycles. The lowest BCUT2D eigenvalue weighted by molar-refractivity contribution is 0.541. The molecule has 0 aromatic carbocycles. The predicted molar refractivity (Wildman–Crippen MR) is 34.9 cm³/mol. The van der Waals surface area contributed by atoms with Gasteiger partial charge in [-0.2, -0.15) is 0 Å². The normalized spacial score (nSPS) is 19.9. The summed E-state index contributed by atoms with van der Waals surface area (Å²) in [7, 11) is 0. The van der Waals surface area contributed by atoms with Gasteiger partial charge in [0.05, 0.1) is 0 Å². The Morgan fingerprint density at radius 2 is 2.12 bits per heavy atom. The summed E-state index contributed by atoms with van der Waals surface area (Å²) in [5.74, 6) is 0.760. The van der Waals surface area contributed by atoms with Crippen LogP contribution in [0.1, 0.15) is 26.7 Å². The Morgan fingerprint density at radius 1 is 1.50 bits per heavy atom. The molecule has 1 nitrogen and oxygen atoms in total. The maximum Gasteiger partial charge on any atom is 0.0247 e. The van der Waals surface area contributed by atoms with Gasteiger partial charge in [-0.3, -0.25) is 0 Å². The van der Waals surface area contributed by atoms with Crippen LogP contribution in [0, 0.1) is 5.92 Å². The Labute approximate surface area is 51.5 Å². The molecule has 0 unspecified atom stereocenters. The molecule has 1 radical (unpaired) electrons. The van der Waals surface area contributed by atoms with Crippen molar-refractivity contribution < 1.29 is 0 Å². The van der Waals surface area contributed by atoms with Gasteiger partial charge in [0.15, 0.2) is 0 Å². The molecule has 0 N–H and O–H groups in total. The van der Waals surface area contributed by atoms with Gasteiger partial charge in [-0.15, -0.1) is 0 Å². The van der Waals surface area contributed by atoms with Gasteiger partial charge in [0.2, 0.25) is 0 Å². The molecule has 0 heterocycles. The second kappa shape index (κ2) is 2.49. The van der Waals surface area contributed by atoms with Crippen LogP contribution in [0.15, 0.2) is 0 Å². The van der Waals surface area contributed by atoms with Crippen LogP contribution in [-0.4, -0.2) is 12.6 Å². The molecule has 1 fully saturated rings. The lowest BCUT2D eigenvalue weighted by Crippen LogP contribution is -2.13. The van der Waals surface area contributed by atoms with E-state index in [0.717, 1.165) is 18.5 Å². The van der Waals surface area contributed by atoms with E-state index in [1.807, 2.05) is 0 Å². The van der Waals surface area contributed by atoms with Crippen LogP contribution < -0.4 is 5.32 Å². The van der Waals surface area contributed by atoms with Crippen molar-refractivity contribution in [3.8, 4) is 0 Å². The van der Waals surface area contributed by atoms with Crippen LogP contribution in [0.4, 0.5) is 0 Å². The molecule has 1 rings (SSSR count). The minimum absolute atomic E-state index is 0.760. The fourth-order valence-corrected chi connectivity index (χ4v) is 0.617. The summed E-state index contributed by atoms with van der Waals surface area (Å²) in [6.07, 6.45) is 2.71. The monoisotopic (exact) mass is 112 g/mol. The van der Waals surface area contributed by atoms with Crippen LogP contribution in [0.3, 0.4) is 0 Å². The molecule has 47 valence electrons. The lowest BCUT2D eigenvalue weighted by atomic mass is 10.2. The topological polar surface area (TPSA) is 14.1 Å². The molecule has 1 aliphatic carbocycles. The summed E-state index contributed by atoms with van der Waals surface area (Å²) in [6, 6.07) is 0.761. The second-order valence-corrected chi connectivity index (χ2v) is 2.99. The van der Waals surface area contributed by atoms with Gasteiger partial charge >= 0.3 is 0 Å². The highest BCUT2D eigenvalue weighted by atomic mass is 14.9. The van der Waals surface area contributed by atoms with Crippen molar-refractivity contribution in [1.82, 2.24) is 5.32 Å². The van der Waals surface area contributed by atoms with Crippen LogP contribution in [0.2, 0.25) is 0 Å². The van der Waals surface area contributed by atoms with E-state index in [1.165, 1.54) is 12.8 Å². The minimum Gasteiger partial charge on any atom is -0.238 e. The number of nitrogens with zero attached hydrogens (tertiary/aromatic N) is 1. The Bertz CT molecular complexity index is 62.8. The van der Waals surface area contributed by atoms with E-state index >= 15 is 0 Å². The third-order valence-corrected chi connectivity index (χ3v) is 1.28. The van der Waals surface area contributed by atoms with Gasteiger partial charge in [0.25, 0.3) is 0 Å². The van der Waals surface area contributed by atoms with Gasteiger partial charge in [0, 0.05) is 12.6 Å². The van der Waals surface area contributed by atoms with Gasteiger partial charge in [0.1, 0.15) is 0 Å². The van der Waals surface area contributed by atoms with Crippen molar-refractivity contribution in [2.45, 2.75) is 32.7 Å². The molecule has 1 heteroatoms. The molecule has 1 aliphatic rings. The van der Waals surface area contributed by atoms with Crippen LogP contribution in [-0.2, 0) is 0 Å². The minimum atomic E-state index is 0.760. The molecular formula is C7H14N. The molecule has 8 heavy (non-hydrogen) atoms. The summed E-state index contributed by atoms with van der Waals surface area (Å²) < 4.78 is 0. The summed E-state index contributed by atoms with van der Waals surface area (Å²) in [6.45, 7) is 5.50. The largest absolute Gasteiger partial charge is 0.238 e. The summed E-state index contributed by atoms with van der Waals surface area (Å²) in [4.78, 5) is 0. The molecule has 0 amide bonds. The second-order valence-electron chi connectivity index (χ2n) is 2.99. The number of hydrogen-bond acceptors (Lipinski definition) is 0. The third kappa shape index (κ3) is 2.31. The van der Waals surface area contributed by atoms with Crippen molar-refractivity contribution in [2.24, 2.45) is 5.92 Å². The van der Waals surface area contributed by atoms with E-state index < -0.39 is 0 Å². The summed E-state index contributed by atoms with van der Waals surface area (Å²) in [5.41, 5.74) is 0. The van der Waals surface area contributed by atoms with Crippen molar-refractivity contribution in [3.05, 3.63) is 0 Å². The Hall–Kier alpha value is -0.0400. The Balaban J connectivity index is 1.87. The van der Waals surface area contributed by atoms with Crippen LogP contribution in [0.25, 0.3) is 0 Å². The first-order chi connectivity index (χ1) is 3.79. The van der Waals surface area contributed by atoms with E-state index in [1.54, 1.807) is 0 Å². The van der Waals surface area contributed by atoms with Crippen molar-refractivity contribution >= 4 is 0 Å². The summed E-state index contributed by atoms with van der Waals surface area (Å²) in [5, 5.41) is 4.44. The molecule has 1 saturated carbocycles. The molecule has 0 aromatic heterocycles. The smallest absolute Gasteiger partial charge is 0.0247 e. The van der Waals surface area contributed by atoms with Crippen molar-refractivity contribution in [1.29, 1.82) is 0 Å². The van der Waals surface area contributed by atoms with E-state index in [4.69, 9.17) is 0 Å². The SMILES string of the molecule is CC(C)C[N]C1CC1. The fourth-order valence-electron chi connectivity index (χ4n) is 0.617. The van der Waals surface area contributed by atoms with E-state index in [9.17, 15) is 0 Å². The highest BCUT2D eigenvalue weighted by molar-refractivity contribution is 4.80.